The Balaban J connectivity index is 0.00000225. The SMILES string of the molecule is C.CC1(C)CN(Cc2nnnn2-c2ccc(C(F)(F)F)cc2)CCN1. The molecule has 1 aliphatic rings. The highest BCUT2D eigenvalue weighted by molar-refractivity contribution is 5.35. The fraction of sp³-hybridized carbons (Fsp3) is 0.562. The second kappa shape index (κ2) is 7.09. The summed E-state index contributed by atoms with van der Waals surface area (Å²) in [4.78, 5) is 2.22. The van der Waals surface area contributed by atoms with E-state index >= 15 is 0 Å². The number of halogens is 3. The summed E-state index contributed by atoms with van der Waals surface area (Å²) in [6.07, 6.45) is -4.35. The molecule has 3 rings (SSSR count). The van der Waals surface area contributed by atoms with Gasteiger partial charge in [0.05, 0.1) is 17.8 Å². The van der Waals surface area contributed by atoms with Crippen LogP contribution in [0.15, 0.2) is 24.3 Å². The summed E-state index contributed by atoms with van der Waals surface area (Å²) in [7, 11) is 0. The van der Waals surface area contributed by atoms with Crippen LogP contribution in [0.4, 0.5) is 13.2 Å². The largest absolute Gasteiger partial charge is 0.416 e. The molecule has 25 heavy (non-hydrogen) atoms. The quantitative estimate of drug-likeness (QED) is 0.916. The molecule has 6 nitrogen and oxygen atoms in total. The Labute approximate surface area is 145 Å². The molecule has 0 saturated carbocycles. The van der Waals surface area contributed by atoms with Crippen LogP contribution in [-0.4, -0.2) is 50.3 Å². The molecule has 0 spiro atoms. The van der Waals surface area contributed by atoms with E-state index in [2.05, 4.69) is 39.6 Å². The van der Waals surface area contributed by atoms with Gasteiger partial charge in [-0.15, -0.1) is 5.10 Å². The molecule has 2 heterocycles. The zero-order valence-corrected chi connectivity index (χ0v) is 13.5. The topological polar surface area (TPSA) is 58.9 Å². The molecule has 1 fully saturated rings. The van der Waals surface area contributed by atoms with Crippen molar-refractivity contribution in [2.75, 3.05) is 19.6 Å². The third kappa shape index (κ3) is 4.55. The Hall–Kier alpha value is -2.00. The van der Waals surface area contributed by atoms with Crippen molar-refractivity contribution in [3.05, 3.63) is 35.7 Å². The van der Waals surface area contributed by atoms with Crippen molar-refractivity contribution < 1.29 is 13.2 Å². The number of nitrogens with one attached hydrogen (secondary N) is 1. The molecule has 1 saturated heterocycles. The van der Waals surface area contributed by atoms with E-state index in [1.807, 2.05) is 0 Å². The Bertz CT molecular complexity index is 693. The summed E-state index contributed by atoms with van der Waals surface area (Å²) in [6, 6.07) is 4.83. The number of hydrogen-bond acceptors (Lipinski definition) is 5. The van der Waals surface area contributed by atoms with Gasteiger partial charge in [0, 0.05) is 25.2 Å². The lowest BCUT2D eigenvalue weighted by Gasteiger charge is -2.38. The standard InChI is InChI=1S/C15H19F3N6.CH4/c1-14(2)10-23(8-7-19-14)9-13-20-21-22-24(13)12-5-3-11(4-6-12)15(16,17)18;/h3-6,19H,7-10H2,1-2H3;1H4. The number of piperazine rings is 1. The molecule has 0 bridgehead atoms. The van der Waals surface area contributed by atoms with Gasteiger partial charge in [-0.05, 0) is 48.5 Å². The second-order valence-corrected chi connectivity index (χ2v) is 6.57. The van der Waals surface area contributed by atoms with E-state index in [0.717, 1.165) is 31.8 Å². The van der Waals surface area contributed by atoms with Crippen LogP contribution in [0.3, 0.4) is 0 Å². The van der Waals surface area contributed by atoms with Gasteiger partial charge in [-0.1, -0.05) is 7.43 Å². The van der Waals surface area contributed by atoms with Crippen LogP contribution >= 0.6 is 0 Å². The third-order valence-corrected chi connectivity index (χ3v) is 3.99. The Morgan fingerprint density at radius 1 is 1.20 bits per heavy atom. The van der Waals surface area contributed by atoms with E-state index in [-0.39, 0.29) is 13.0 Å². The average Bonchev–Trinajstić information content (AvgIpc) is 2.93. The lowest BCUT2D eigenvalue weighted by molar-refractivity contribution is -0.137. The number of benzene rings is 1. The Morgan fingerprint density at radius 3 is 2.48 bits per heavy atom. The maximum Gasteiger partial charge on any atom is 0.416 e. The number of rotatable bonds is 3. The minimum Gasteiger partial charge on any atom is -0.309 e. The molecule has 0 radical (unpaired) electrons. The molecule has 1 N–H and O–H groups in total. The molecular formula is C16H23F3N6. The van der Waals surface area contributed by atoms with Crippen LogP contribution in [0, 0.1) is 0 Å². The van der Waals surface area contributed by atoms with Crippen LogP contribution in [0.2, 0.25) is 0 Å². The van der Waals surface area contributed by atoms with Crippen molar-refractivity contribution in [3.8, 4) is 5.69 Å². The summed E-state index contributed by atoms with van der Waals surface area (Å²) in [5.74, 6) is 0.604. The van der Waals surface area contributed by atoms with Crippen LogP contribution in [0.25, 0.3) is 5.69 Å². The third-order valence-electron chi connectivity index (χ3n) is 3.99. The number of nitrogens with zero attached hydrogens (tertiary/aromatic N) is 5. The first kappa shape index (κ1) is 19.3. The van der Waals surface area contributed by atoms with Gasteiger partial charge in [-0.2, -0.15) is 17.9 Å². The van der Waals surface area contributed by atoms with E-state index in [1.54, 1.807) is 0 Å². The molecule has 0 unspecified atom stereocenters. The first-order valence-corrected chi connectivity index (χ1v) is 7.67. The zero-order chi connectivity index (χ0) is 17.4. The minimum absolute atomic E-state index is 0. The summed E-state index contributed by atoms with van der Waals surface area (Å²) >= 11 is 0. The van der Waals surface area contributed by atoms with E-state index in [4.69, 9.17) is 0 Å². The van der Waals surface area contributed by atoms with Crippen molar-refractivity contribution in [3.63, 3.8) is 0 Å². The van der Waals surface area contributed by atoms with Crippen molar-refractivity contribution in [1.29, 1.82) is 0 Å². The average molecular weight is 356 g/mol. The monoisotopic (exact) mass is 356 g/mol. The highest BCUT2D eigenvalue weighted by atomic mass is 19.4. The maximum absolute atomic E-state index is 12.7. The Morgan fingerprint density at radius 2 is 1.88 bits per heavy atom. The highest BCUT2D eigenvalue weighted by Crippen LogP contribution is 2.29. The predicted molar refractivity (Wildman–Crippen MR) is 88.2 cm³/mol. The van der Waals surface area contributed by atoms with E-state index in [9.17, 15) is 13.2 Å². The van der Waals surface area contributed by atoms with Crippen molar-refractivity contribution in [2.45, 2.75) is 39.5 Å². The van der Waals surface area contributed by atoms with Crippen LogP contribution < -0.4 is 5.32 Å². The minimum atomic E-state index is -4.35. The van der Waals surface area contributed by atoms with E-state index in [0.29, 0.717) is 18.1 Å². The molecular weight excluding hydrogens is 333 g/mol. The normalized spacial score (nSPS) is 18.0. The molecule has 138 valence electrons. The molecule has 0 amide bonds. The lowest BCUT2D eigenvalue weighted by Crippen LogP contribution is -2.56. The molecule has 1 aliphatic heterocycles. The summed E-state index contributed by atoms with van der Waals surface area (Å²) in [6.45, 7) is 7.36. The molecule has 1 aromatic carbocycles. The molecule has 2 aromatic rings. The van der Waals surface area contributed by atoms with Crippen molar-refractivity contribution in [2.24, 2.45) is 0 Å². The van der Waals surface area contributed by atoms with Gasteiger partial charge < -0.3 is 5.32 Å². The van der Waals surface area contributed by atoms with Gasteiger partial charge in [0.1, 0.15) is 0 Å². The van der Waals surface area contributed by atoms with Gasteiger partial charge in [0.15, 0.2) is 5.82 Å². The van der Waals surface area contributed by atoms with E-state index in [1.165, 1.54) is 16.8 Å². The maximum atomic E-state index is 12.7. The molecule has 0 atom stereocenters. The van der Waals surface area contributed by atoms with Gasteiger partial charge in [-0.3, -0.25) is 4.90 Å². The summed E-state index contributed by atoms with van der Waals surface area (Å²) in [5.41, 5.74) is -0.174. The van der Waals surface area contributed by atoms with Crippen LogP contribution in [-0.2, 0) is 12.7 Å². The van der Waals surface area contributed by atoms with Gasteiger partial charge in [-0.25, -0.2) is 0 Å². The highest BCUT2D eigenvalue weighted by Gasteiger charge is 2.30. The van der Waals surface area contributed by atoms with Gasteiger partial charge in [0.25, 0.3) is 0 Å². The molecule has 0 aliphatic carbocycles. The Kier molecular flexibility index (Phi) is 5.48. The summed E-state index contributed by atoms with van der Waals surface area (Å²) in [5, 5.41) is 15.0. The van der Waals surface area contributed by atoms with E-state index < -0.39 is 11.7 Å². The molecule has 9 heteroatoms. The number of hydrogen-bond donors (Lipinski definition) is 1. The van der Waals surface area contributed by atoms with Gasteiger partial charge >= 0.3 is 6.18 Å². The van der Waals surface area contributed by atoms with Crippen molar-refractivity contribution in [1.82, 2.24) is 30.4 Å². The smallest absolute Gasteiger partial charge is 0.309 e. The first-order valence-electron chi connectivity index (χ1n) is 7.67. The number of tetrazole rings is 1. The number of alkyl halides is 3. The summed E-state index contributed by atoms with van der Waals surface area (Å²) < 4.78 is 39.5. The number of aromatic nitrogens is 4. The van der Waals surface area contributed by atoms with Crippen LogP contribution in [0.5, 0.6) is 0 Å². The zero-order valence-electron chi connectivity index (χ0n) is 13.5. The van der Waals surface area contributed by atoms with Crippen LogP contribution in [0.1, 0.15) is 32.7 Å². The lowest BCUT2D eigenvalue weighted by atomic mass is 10.0. The predicted octanol–water partition coefficient (Wildman–Crippen LogP) is 2.50. The van der Waals surface area contributed by atoms with Gasteiger partial charge in [0.2, 0.25) is 0 Å². The van der Waals surface area contributed by atoms with Crippen molar-refractivity contribution >= 4 is 0 Å². The first-order chi connectivity index (χ1) is 11.2. The fourth-order valence-corrected chi connectivity index (χ4v) is 2.88. The fourth-order valence-electron chi connectivity index (χ4n) is 2.88. The second-order valence-electron chi connectivity index (χ2n) is 6.57. The molecule has 1 aromatic heterocycles.